The second kappa shape index (κ2) is 8.02. The number of amides is 2. The lowest BCUT2D eigenvalue weighted by atomic mass is 10.2. The molecule has 0 aliphatic carbocycles. The second-order valence-electron chi connectivity index (χ2n) is 5.84. The maximum absolute atomic E-state index is 12.7. The first-order valence-electron chi connectivity index (χ1n) is 8.21. The second-order valence-corrected chi connectivity index (χ2v) is 7.46. The number of hydrogen-bond acceptors (Lipinski definition) is 6. The molecule has 5 N–H and O–H groups in total. The number of ether oxygens (including phenoxy) is 1. The highest BCUT2D eigenvalue weighted by Crippen LogP contribution is 2.21. The van der Waals surface area contributed by atoms with Crippen molar-refractivity contribution in [2.75, 3.05) is 17.1 Å². The SMILES string of the molecule is COc1ccc(NS(=O)(=O)c2[nH]ncc2C(=O)Nc2ccc(C(N)=O)cc2)cc1. The third kappa shape index (κ3) is 4.52. The number of sulfonamides is 1. The highest BCUT2D eigenvalue weighted by Gasteiger charge is 2.25. The van der Waals surface area contributed by atoms with Crippen LogP contribution in [0.1, 0.15) is 20.7 Å². The standard InChI is InChI=1S/C18H17N5O5S/c1-28-14-8-6-13(7-9-14)23-29(26,27)18-15(10-20-22-18)17(25)21-12-4-2-11(3-5-12)16(19)24/h2-10,23H,1H3,(H2,19,24)(H,20,22)(H,21,25). The number of aromatic nitrogens is 2. The van der Waals surface area contributed by atoms with Gasteiger partial charge in [-0.3, -0.25) is 19.4 Å². The zero-order valence-corrected chi connectivity index (χ0v) is 16.0. The minimum atomic E-state index is -4.11. The van der Waals surface area contributed by atoms with Crippen molar-refractivity contribution >= 4 is 33.2 Å². The predicted molar refractivity (Wildman–Crippen MR) is 105 cm³/mol. The van der Waals surface area contributed by atoms with Crippen LogP contribution in [-0.4, -0.2) is 37.5 Å². The van der Waals surface area contributed by atoms with Crippen LogP contribution in [0.15, 0.2) is 59.8 Å². The van der Waals surface area contributed by atoms with Crippen LogP contribution in [0.3, 0.4) is 0 Å². The minimum absolute atomic E-state index is 0.176. The van der Waals surface area contributed by atoms with Gasteiger partial charge in [0, 0.05) is 16.9 Å². The minimum Gasteiger partial charge on any atom is -0.497 e. The molecular weight excluding hydrogens is 398 g/mol. The number of nitrogens with one attached hydrogen (secondary N) is 3. The molecule has 11 heteroatoms. The third-order valence-corrected chi connectivity index (χ3v) is 5.24. The largest absolute Gasteiger partial charge is 0.497 e. The van der Waals surface area contributed by atoms with E-state index in [0.717, 1.165) is 6.20 Å². The zero-order chi connectivity index (χ0) is 21.0. The molecule has 2 aromatic carbocycles. The number of nitrogens with two attached hydrogens (primary N) is 1. The quantitative estimate of drug-likeness (QED) is 0.459. The van der Waals surface area contributed by atoms with Crippen molar-refractivity contribution in [3.05, 3.63) is 65.9 Å². The van der Waals surface area contributed by atoms with Crippen LogP contribution in [0.25, 0.3) is 0 Å². The van der Waals surface area contributed by atoms with Crippen molar-refractivity contribution in [3.63, 3.8) is 0 Å². The van der Waals surface area contributed by atoms with Crippen LogP contribution in [0.5, 0.6) is 5.75 Å². The van der Waals surface area contributed by atoms with Crippen LogP contribution >= 0.6 is 0 Å². The van der Waals surface area contributed by atoms with E-state index in [-0.39, 0.29) is 21.8 Å². The topological polar surface area (TPSA) is 156 Å². The Morgan fingerprint density at radius 2 is 1.66 bits per heavy atom. The van der Waals surface area contributed by atoms with E-state index in [2.05, 4.69) is 20.2 Å². The van der Waals surface area contributed by atoms with Crippen molar-refractivity contribution in [2.24, 2.45) is 5.73 Å². The highest BCUT2D eigenvalue weighted by molar-refractivity contribution is 7.92. The Morgan fingerprint density at radius 3 is 2.24 bits per heavy atom. The Hall–Kier alpha value is -3.86. The van der Waals surface area contributed by atoms with Crippen molar-refractivity contribution in [1.29, 1.82) is 0 Å². The predicted octanol–water partition coefficient (Wildman–Crippen LogP) is 1.57. The first-order valence-corrected chi connectivity index (χ1v) is 9.70. The van der Waals surface area contributed by atoms with Gasteiger partial charge in [0.05, 0.1) is 18.9 Å². The van der Waals surface area contributed by atoms with Gasteiger partial charge >= 0.3 is 0 Å². The molecule has 1 aromatic heterocycles. The van der Waals surface area contributed by atoms with E-state index in [1.54, 1.807) is 12.1 Å². The first-order chi connectivity index (χ1) is 13.8. The van der Waals surface area contributed by atoms with E-state index in [9.17, 15) is 18.0 Å². The number of rotatable bonds is 7. The summed E-state index contributed by atoms with van der Waals surface area (Å²) in [5.74, 6) is -0.728. The lowest BCUT2D eigenvalue weighted by Crippen LogP contribution is -2.20. The average Bonchev–Trinajstić information content (AvgIpc) is 3.20. The van der Waals surface area contributed by atoms with E-state index in [4.69, 9.17) is 10.5 Å². The lowest BCUT2D eigenvalue weighted by molar-refractivity contribution is 0.0998. The lowest BCUT2D eigenvalue weighted by Gasteiger charge is -2.09. The normalized spacial score (nSPS) is 10.9. The number of H-pyrrole nitrogens is 1. The van der Waals surface area contributed by atoms with Crippen molar-refractivity contribution < 1.29 is 22.7 Å². The van der Waals surface area contributed by atoms with Crippen LogP contribution in [0.4, 0.5) is 11.4 Å². The summed E-state index contributed by atoms with van der Waals surface area (Å²) in [5.41, 5.74) is 5.91. The van der Waals surface area contributed by atoms with Gasteiger partial charge in [0.15, 0.2) is 5.03 Å². The highest BCUT2D eigenvalue weighted by atomic mass is 32.2. The molecule has 3 rings (SSSR count). The number of benzene rings is 2. The van der Waals surface area contributed by atoms with Crippen molar-refractivity contribution in [1.82, 2.24) is 10.2 Å². The molecule has 0 saturated carbocycles. The number of carbonyl (C=O) groups excluding carboxylic acids is 2. The Morgan fingerprint density at radius 1 is 1.03 bits per heavy atom. The molecule has 3 aromatic rings. The van der Waals surface area contributed by atoms with E-state index in [1.807, 2.05) is 0 Å². The molecule has 0 aliphatic rings. The molecule has 150 valence electrons. The zero-order valence-electron chi connectivity index (χ0n) is 15.2. The molecule has 0 unspecified atom stereocenters. The van der Waals surface area contributed by atoms with Gasteiger partial charge in [0.1, 0.15) is 5.75 Å². The van der Waals surface area contributed by atoms with E-state index >= 15 is 0 Å². The number of anilines is 2. The van der Waals surface area contributed by atoms with Crippen LogP contribution < -0.4 is 20.5 Å². The van der Waals surface area contributed by atoms with Gasteiger partial charge in [-0.15, -0.1) is 0 Å². The summed E-state index contributed by atoms with van der Waals surface area (Å²) in [7, 11) is -2.61. The molecule has 0 bridgehead atoms. The third-order valence-electron chi connectivity index (χ3n) is 3.89. The van der Waals surface area contributed by atoms with Gasteiger partial charge in [-0.25, -0.2) is 0 Å². The number of methoxy groups -OCH3 is 1. The van der Waals surface area contributed by atoms with Gasteiger partial charge in [0.2, 0.25) is 5.91 Å². The molecule has 0 radical (unpaired) electrons. The van der Waals surface area contributed by atoms with Gasteiger partial charge in [-0.05, 0) is 48.5 Å². The van der Waals surface area contributed by atoms with Gasteiger partial charge < -0.3 is 15.8 Å². The summed E-state index contributed by atoms with van der Waals surface area (Å²) >= 11 is 0. The number of aromatic amines is 1. The first kappa shape index (κ1) is 19.9. The van der Waals surface area contributed by atoms with E-state index < -0.39 is 21.8 Å². The van der Waals surface area contributed by atoms with E-state index in [0.29, 0.717) is 11.4 Å². The Bertz CT molecular complexity index is 1140. The molecule has 0 saturated heterocycles. The maximum atomic E-state index is 12.7. The molecule has 29 heavy (non-hydrogen) atoms. The number of nitrogens with zero attached hydrogens (tertiary/aromatic N) is 1. The fourth-order valence-corrected chi connectivity index (χ4v) is 3.58. The van der Waals surface area contributed by atoms with Gasteiger partial charge in [-0.2, -0.15) is 13.5 Å². The Kier molecular flexibility index (Phi) is 5.50. The summed E-state index contributed by atoms with van der Waals surface area (Å²) in [6.07, 6.45) is 1.11. The molecular formula is C18H17N5O5S. The summed E-state index contributed by atoms with van der Waals surface area (Å²) < 4.78 is 32.7. The molecule has 0 atom stereocenters. The fraction of sp³-hybridized carbons (Fsp3) is 0.0556. The molecule has 0 spiro atoms. The van der Waals surface area contributed by atoms with Crippen molar-refractivity contribution in [2.45, 2.75) is 5.03 Å². The summed E-state index contributed by atoms with van der Waals surface area (Å²) in [6, 6.07) is 12.1. The van der Waals surface area contributed by atoms with Crippen LogP contribution in [-0.2, 0) is 10.0 Å². The molecule has 10 nitrogen and oxygen atoms in total. The van der Waals surface area contributed by atoms with Gasteiger partial charge in [-0.1, -0.05) is 0 Å². The number of hydrogen-bond donors (Lipinski definition) is 4. The molecule has 0 fully saturated rings. The summed E-state index contributed by atoms with van der Waals surface area (Å²) in [6.45, 7) is 0. The van der Waals surface area contributed by atoms with Crippen LogP contribution in [0.2, 0.25) is 0 Å². The molecule has 0 aliphatic heterocycles. The Balaban J connectivity index is 1.79. The van der Waals surface area contributed by atoms with Gasteiger partial charge in [0.25, 0.3) is 15.9 Å². The summed E-state index contributed by atoms with van der Waals surface area (Å²) in [5, 5.41) is 8.16. The van der Waals surface area contributed by atoms with Crippen LogP contribution in [0, 0.1) is 0 Å². The number of carbonyl (C=O) groups is 2. The van der Waals surface area contributed by atoms with Crippen molar-refractivity contribution in [3.8, 4) is 5.75 Å². The monoisotopic (exact) mass is 415 g/mol. The summed E-state index contributed by atoms with van der Waals surface area (Å²) in [4.78, 5) is 23.6. The number of primary amides is 1. The molecule has 2 amide bonds. The van der Waals surface area contributed by atoms with E-state index in [1.165, 1.54) is 43.5 Å². The Labute approximate surface area is 166 Å². The average molecular weight is 415 g/mol. The maximum Gasteiger partial charge on any atom is 0.279 e. The fourth-order valence-electron chi connectivity index (χ4n) is 2.42. The smallest absolute Gasteiger partial charge is 0.279 e. The molecule has 1 heterocycles.